The zero-order chi connectivity index (χ0) is 17.0. The Morgan fingerprint density at radius 3 is 2.88 bits per heavy atom. The average Bonchev–Trinajstić information content (AvgIpc) is 2.98. The van der Waals surface area contributed by atoms with Crippen molar-refractivity contribution in [3.05, 3.63) is 29.8 Å². The molecule has 6 nitrogen and oxygen atoms in total. The monoisotopic (exact) mass is 334 g/mol. The quantitative estimate of drug-likeness (QED) is 0.851. The highest BCUT2D eigenvalue weighted by Gasteiger charge is 2.39. The van der Waals surface area contributed by atoms with Crippen LogP contribution < -0.4 is 4.74 Å². The zero-order valence-electron chi connectivity index (χ0n) is 14.2. The number of hydrogen-bond acceptors (Lipinski definition) is 5. The molecule has 1 N–H and O–H groups in total. The first-order valence-electron chi connectivity index (χ1n) is 8.51. The fourth-order valence-corrected chi connectivity index (χ4v) is 3.44. The molecule has 2 aliphatic rings. The van der Waals surface area contributed by atoms with Gasteiger partial charge in [0.05, 0.1) is 38.9 Å². The van der Waals surface area contributed by atoms with Gasteiger partial charge in [-0.1, -0.05) is 12.1 Å². The van der Waals surface area contributed by atoms with Gasteiger partial charge in [-0.15, -0.1) is 0 Å². The van der Waals surface area contributed by atoms with Crippen LogP contribution in [0.1, 0.15) is 12.0 Å². The van der Waals surface area contributed by atoms with Gasteiger partial charge in [-0.3, -0.25) is 9.69 Å². The van der Waals surface area contributed by atoms with Crippen LogP contribution in [0.3, 0.4) is 0 Å². The van der Waals surface area contributed by atoms with E-state index in [0.29, 0.717) is 45.7 Å². The van der Waals surface area contributed by atoms with Crippen LogP contribution >= 0.6 is 0 Å². The highest BCUT2D eigenvalue weighted by molar-refractivity contribution is 5.79. The van der Waals surface area contributed by atoms with E-state index in [9.17, 15) is 9.90 Å². The van der Waals surface area contributed by atoms with Crippen LogP contribution in [0.4, 0.5) is 0 Å². The molecule has 0 unspecified atom stereocenters. The van der Waals surface area contributed by atoms with Gasteiger partial charge < -0.3 is 19.5 Å². The number of β-amino-alcohol motifs (C(OH)–C–C–N with tert-alkyl or cyclic N) is 1. The van der Waals surface area contributed by atoms with Crippen molar-refractivity contribution in [2.75, 3.05) is 53.0 Å². The predicted octanol–water partition coefficient (Wildman–Crippen LogP) is 0.533. The summed E-state index contributed by atoms with van der Waals surface area (Å²) >= 11 is 0. The minimum Gasteiger partial charge on any atom is -0.497 e. The van der Waals surface area contributed by atoms with Crippen molar-refractivity contribution in [2.24, 2.45) is 0 Å². The topological polar surface area (TPSA) is 62.2 Å². The molecular weight excluding hydrogens is 308 g/mol. The largest absolute Gasteiger partial charge is 0.497 e. The number of aliphatic hydroxyl groups is 1. The maximum atomic E-state index is 12.5. The number of carbonyl (C=O) groups is 1. The van der Waals surface area contributed by atoms with Crippen molar-refractivity contribution in [2.45, 2.75) is 18.4 Å². The number of methoxy groups -OCH3 is 1. The van der Waals surface area contributed by atoms with E-state index in [1.54, 1.807) is 12.0 Å². The third-order valence-corrected chi connectivity index (χ3v) is 4.80. The summed E-state index contributed by atoms with van der Waals surface area (Å²) in [7, 11) is 1.62. The first-order chi connectivity index (χ1) is 11.6. The molecule has 2 fully saturated rings. The van der Waals surface area contributed by atoms with Gasteiger partial charge in [-0.05, 0) is 24.1 Å². The maximum absolute atomic E-state index is 12.5. The van der Waals surface area contributed by atoms with E-state index in [1.165, 1.54) is 0 Å². The Labute approximate surface area is 143 Å². The van der Waals surface area contributed by atoms with Crippen LogP contribution in [0.15, 0.2) is 24.3 Å². The summed E-state index contributed by atoms with van der Waals surface area (Å²) in [6.45, 7) is 4.76. The lowest BCUT2D eigenvalue weighted by Gasteiger charge is -2.33. The normalized spacial score (nSPS) is 25.0. The minimum atomic E-state index is -0.804. The molecule has 2 saturated heterocycles. The van der Waals surface area contributed by atoms with Gasteiger partial charge in [0, 0.05) is 26.2 Å². The summed E-state index contributed by atoms with van der Waals surface area (Å²) in [5.74, 6) is 0.812. The summed E-state index contributed by atoms with van der Waals surface area (Å²) in [6.07, 6.45) is 0.971. The second kappa shape index (κ2) is 7.51. The van der Waals surface area contributed by atoms with Crippen LogP contribution in [-0.2, 0) is 16.0 Å². The van der Waals surface area contributed by atoms with E-state index in [0.717, 1.165) is 24.4 Å². The zero-order valence-corrected chi connectivity index (χ0v) is 14.2. The molecule has 3 rings (SSSR count). The third kappa shape index (κ3) is 4.26. The number of ether oxygens (including phenoxy) is 2. The standard InChI is InChI=1S/C18H26N2O4/c1-23-16-4-2-3-15(11-16)12-17(21)20-6-5-18(22,14-20)13-19-7-9-24-10-8-19/h2-4,11,22H,5-10,12-14H2,1H3/t18-/m0/s1. The third-order valence-electron chi connectivity index (χ3n) is 4.80. The molecule has 2 heterocycles. The van der Waals surface area contributed by atoms with Crippen molar-refractivity contribution < 1.29 is 19.4 Å². The van der Waals surface area contributed by atoms with Crippen LogP contribution in [-0.4, -0.2) is 79.5 Å². The Bertz CT molecular complexity index is 574. The highest BCUT2D eigenvalue weighted by atomic mass is 16.5. The lowest BCUT2D eigenvalue weighted by atomic mass is 10.0. The van der Waals surface area contributed by atoms with Crippen molar-refractivity contribution in [1.29, 1.82) is 0 Å². The van der Waals surface area contributed by atoms with Crippen molar-refractivity contribution in [1.82, 2.24) is 9.80 Å². The van der Waals surface area contributed by atoms with Crippen LogP contribution in [0, 0.1) is 0 Å². The van der Waals surface area contributed by atoms with E-state index in [4.69, 9.17) is 9.47 Å². The van der Waals surface area contributed by atoms with E-state index in [1.807, 2.05) is 24.3 Å². The molecule has 2 aliphatic heterocycles. The fraction of sp³-hybridized carbons (Fsp3) is 0.611. The smallest absolute Gasteiger partial charge is 0.227 e. The number of nitrogens with zero attached hydrogens (tertiary/aromatic N) is 2. The van der Waals surface area contributed by atoms with E-state index < -0.39 is 5.60 Å². The van der Waals surface area contributed by atoms with Crippen molar-refractivity contribution in [3.63, 3.8) is 0 Å². The highest BCUT2D eigenvalue weighted by Crippen LogP contribution is 2.24. The molecule has 1 aromatic rings. The molecule has 0 aromatic heterocycles. The van der Waals surface area contributed by atoms with Crippen LogP contribution in [0.2, 0.25) is 0 Å². The molecular formula is C18H26N2O4. The molecule has 0 aliphatic carbocycles. The Balaban J connectivity index is 1.54. The van der Waals surface area contributed by atoms with Gasteiger partial charge in [0.25, 0.3) is 0 Å². The van der Waals surface area contributed by atoms with Gasteiger partial charge in [0.2, 0.25) is 5.91 Å². The number of likely N-dealkylation sites (tertiary alicyclic amines) is 1. The lowest BCUT2D eigenvalue weighted by molar-refractivity contribution is -0.130. The first-order valence-corrected chi connectivity index (χ1v) is 8.51. The first kappa shape index (κ1) is 17.2. The molecule has 24 heavy (non-hydrogen) atoms. The SMILES string of the molecule is COc1cccc(CC(=O)N2CC[C@](O)(CN3CCOCC3)C2)c1. The van der Waals surface area contributed by atoms with Gasteiger partial charge in [0.1, 0.15) is 5.75 Å². The summed E-state index contributed by atoms with van der Waals surface area (Å²) < 4.78 is 10.5. The second-order valence-electron chi connectivity index (χ2n) is 6.71. The van der Waals surface area contributed by atoms with Crippen LogP contribution in [0.5, 0.6) is 5.75 Å². The molecule has 0 spiro atoms. The number of hydrogen-bond donors (Lipinski definition) is 1. The average molecular weight is 334 g/mol. The fourth-order valence-electron chi connectivity index (χ4n) is 3.44. The van der Waals surface area contributed by atoms with Crippen LogP contribution in [0.25, 0.3) is 0 Å². The van der Waals surface area contributed by atoms with E-state index >= 15 is 0 Å². The number of benzene rings is 1. The Hall–Kier alpha value is -1.63. The molecule has 0 radical (unpaired) electrons. The Morgan fingerprint density at radius 1 is 1.33 bits per heavy atom. The summed E-state index contributed by atoms with van der Waals surface area (Å²) in [5.41, 5.74) is 0.129. The second-order valence-corrected chi connectivity index (χ2v) is 6.71. The molecule has 0 bridgehead atoms. The maximum Gasteiger partial charge on any atom is 0.227 e. The molecule has 0 saturated carbocycles. The number of amides is 1. The number of rotatable bonds is 5. The van der Waals surface area contributed by atoms with Gasteiger partial charge in [-0.2, -0.15) is 0 Å². The summed E-state index contributed by atoms with van der Waals surface area (Å²) in [4.78, 5) is 16.5. The Kier molecular flexibility index (Phi) is 5.38. The van der Waals surface area contributed by atoms with Gasteiger partial charge >= 0.3 is 0 Å². The predicted molar refractivity (Wildman–Crippen MR) is 90.1 cm³/mol. The number of carbonyl (C=O) groups excluding carboxylic acids is 1. The molecule has 1 atom stereocenters. The van der Waals surface area contributed by atoms with Crippen molar-refractivity contribution in [3.8, 4) is 5.75 Å². The van der Waals surface area contributed by atoms with E-state index in [2.05, 4.69) is 4.90 Å². The lowest BCUT2D eigenvalue weighted by Crippen LogP contribution is -2.49. The minimum absolute atomic E-state index is 0.0566. The van der Waals surface area contributed by atoms with E-state index in [-0.39, 0.29) is 5.91 Å². The molecule has 6 heteroatoms. The summed E-state index contributed by atoms with van der Waals surface area (Å²) in [6, 6.07) is 7.56. The van der Waals surface area contributed by atoms with Gasteiger partial charge in [-0.25, -0.2) is 0 Å². The Morgan fingerprint density at radius 2 is 2.12 bits per heavy atom. The summed E-state index contributed by atoms with van der Waals surface area (Å²) in [5, 5.41) is 10.8. The molecule has 1 aromatic carbocycles. The molecule has 132 valence electrons. The van der Waals surface area contributed by atoms with Gasteiger partial charge in [0.15, 0.2) is 0 Å². The molecule has 1 amide bonds. The van der Waals surface area contributed by atoms with Crippen molar-refractivity contribution >= 4 is 5.91 Å². The number of morpholine rings is 1.